The van der Waals surface area contributed by atoms with Crippen molar-refractivity contribution in [3.05, 3.63) is 54.3 Å². The van der Waals surface area contributed by atoms with E-state index >= 15 is 0 Å². The zero-order valence-electron chi connectivity index (χ0n) is 9.32. The predicted octanol–water partition coefficient (Wildman–Crippen LogP) is 4.98. The minimum Gasteiger partial charge on any atom is -0.451 e. The van der Waals surface area contributed by atoms with Gasteiger partial charge in [0, 0.05) is 12.1 Å². The Labute approximate surface area is 130 Å². The summed E-state index contributed by atoms with van der Waals surface area (Å²) in [7, 11) is 0. The second kappa shape index (κ2) is 5.94. The molecule has 0 radical (unpaired) electrons. The highest BCUT2D eigenvalue weighted by atomic mass is 79.9. The summed E-state index contributed by atoms with van der Waals surface area (Å²) < 4.78 is 6.82. The lowest BCUT2D eigenvalue weighted by Crippen LogP contribution is -1.99. The Bertz CT molecular complexity index is 611. The van der Waals surface area contributed by atoms with Gasteiger partial charge in [-0.25, -0.2) is 0 Å². The molecule has 1 heterocycles. The van der Waals surface area contributed by atoms with E-state index in [2.05, 4.69) is 37.2 Å². The Hall–Kier alpha value is -1.05. The molecule has 0 unspecified atom stereocenters. The van der Waals surface area contributed by atoms with Gasteiger partial charge in [-0.2, -0.15) is 0 Å². The molecule has 0 amide bonds. The van der Waals surface area contributed by atoms with Crippen LogP contribution < -0.4 is 5.32 Å². The monoisotopic (exact) mass is 408 g/mol. The predicted molar refractivity (Wildman–Crippen MR) is 79.5 cm³/mol. The summed E-state index contributed by atoms with van der Waals surface area (Å²) in [6, 6.07) is 6.07. The van der Waals surface area contributed by atoms with E-state index < -0.39 is 4.92 Å². The number of nitrogens with zero attached hydrogens (tertiary/aromatic N) is 1. The Balaban J connectivity index is 2.09. The molecule has 0 saturated carbocycles. The van der Waals surface area contributed by atoms with Crippen LogP contribution in [0.4, 0.5) is 11.4 Å². The van der Waals surface area contributed by atoms with Crippen molar-refractivity contribution in [2.75, 3.05) is 5.32 Å². The minimum atomic E-state index is -0.490. The van der Waals surface area contributed by atoms with Gasteiger partial charge in [0.2, 0.25) is 0 Å². The highest BCUT2D eigenvalue weighted by molar-refractivity contribution is 9.13. The van der Waals surface area contributed by atoms with Crippen LogP contribution in [0.5, 0.6) is 0 Å². The summed E-state index contributed by atoms with van der Waals surface area (Å²) in [5.74, 6) is 0.702. The van der Waals surface area contributed by atoms with E-state index in [9.17, 15) is 10.1 Å². The molecule has 100 valence electrons. The standard InChI is InChI=1S/C11H7Br2ClN2O3/c12-8-4-7(19-11(8)13)5-15-10-2-1-6(16(17)18)3-9(10)14/h1-4,15H,5H2. The summed E-state index contributed by atoms with van der Waals surface area (Å²) in [6.45, 7) is 0.418. The van der Waals surface area contributed by atoms with Crippen molar-refractivity contribution in [1.82, 2.24) is 0 Å². The Kier molecular flexibility index (Phi) is 4.49. The van der Waals surface area contributed by atoms with E-state index in [4.69, 9.17) is 16.0 Å². The minimum absolute atomic E-state index is 0.0426. The smallest absolute Gasteiger partial charge is 0.271 e. The highest BCUT2D eigenvalue weighted by Crippen LogP contribution is 2.29. The second-order valence-corrected chi connectivity index (χ2v) is 5.59. The number of nitrogens with one attached hydrogen (secondary N) is 1. The molecule has 0 aliphatic carbocycles. The number of nitro benzene ring substituents is 1. The first-order chi connectivity index (χ1) is 8.97. The normalized spacial score (nSPS) is 10.5. The van der Waals surface area contributed by atoms with E-state index in [0.717, 1.165) is 4.47 Å². The van der Waals surface area contributed by atoms with Crippen molar-refractivity contribution in [2.45, 2.75) is 6.54 Å². The van der Waals surface area contributed by atoms with Crippen LogP contribution >= 0.6 is 43.5 Å². The highest BCUT2D eigenvalue weighted by Gasteiger charge is 2.10. The maximum atomic E-state index is 10.6. The fourth-order valence-corrected chi connectivity index (χ4v) is 2.32. The molecular formula is C11H7Br2ClN2O3. The van der Waals surface area contributed by atoms with Gasteiger partial charge in [-0.3, -0.25) is 10.1 Å². The molecule has 19 heavy (non-hydrogen) atoms. The molecular weight excluding hydrogens is 403 g/mol. The number of furan rings is 1. The lowest BCUT2D eigenvalue weighted by molar-refractivity contribution is -0.384. The molecule has 0 aliphatic heterocycles. The molecule has 1 aromatic carbocycles. The largest absolute Gasteiger partial charge is 0.451 e. The van der Waals surface area contributed by atoms with E-state index in [1.165, 1.54) is 12.1 Å². The van der Waals surface area contributed by atoms with Crippen molar-refractivity contribution in [1.29, 1.82) is 0 Å². The number of benzene rings is 1. The van der Waals surface area contributed by atoms with Crippen molar-refractivity contribution in [2.24, 2.45) is 0 Å². The third-order valence-electron chi connectivity index (χ3n) is 2.31. The van der Waals surface area contributed by atoms with E-state index in [-0.39, 0.29) is 5.69 Å². The molecule has 2 aromatic rings. The van der Waals surface area contributed by atoms with Gasteiger partial charge in [-0.1, -0.05) is 11.6 Å². The molecule has 0 atom stereocenters. The van der Waals surface area contributed by atoms with E-state index in [0.29, 0.717) is 27.7 Å². The molecule has 8 heteroatoms. The topological polar surface area (TPSA) is 68.3 Å². The SMILES string of the molecule is O=[N+]([O-])c1ccc(NCc2cc(Br)c(Br)o2)c(Cl)c1. The second-order valence-electron chi connectivity index (χ2n) is 3.61. The third kappa shape index (κ3) is 3.49. The number of halogens is 3. The number of rotatable bonds is 4. The Morgan fingerprint density at radius 2 is 2.11 bits per heavy atom. The zero-order valence-corrected chi connectivity index (χ0v) is 13.3. The first-order valence-electron chi connectivity index (χ1n) is 5.09. The average Bonchev–Trinajstić information content (AvgIpc) is 2.67. The fraction of sp³-hybridized carbons (Fsp3) is 0.0909. The fourth-order valence-electron chi connectivity index (χ4n) is 1.42. The van der Waals surface area contributed by atoms with Crippen molar-refractivity contribution in [3.8, 4) is 0 Å². The van der Waals surface area contributed by atoms with Gasteiger partial charge in [-0.15, -0.1) is 0 Å². The van der Waals surface area contributed by atoms with Gasteiger partial charge in [0.05, 0.1) is 26.7 Å². The number of hydrogen-bond acceptors (Lipinski definition) is 4. The zero-order chi connectivity index (χ0) is 14.0. The van der Waals surface area contributed by atoms with Crippen molar-refractivity contribution in [3.63, 3.8) is 0 Å². The first-order valence-corrected chi connectivity index (χ1v) is 7.05. The lowest BCUT2D eigenvalue weighted by atomic mass is 10.3. The van der Waals surface area contributed by atoms with Gasteiger partial charge < -0.3 is 9.73 Å². The Morgan fingerprint density at radius 1 is 1.37 bits per heavy atom. The quantitative estimate of drug-likeness (QED) is 0.570. The van der Waals surface area contributed by atoms with Gasteiger partial charge in [0.25, 0.3) is 5.69 Å². The lowest BCUT2D eigenvalue weighted by Gasteiger charge is -2.06. The van der Waals surface area contributed by atoms with Crippen LogP contribution in [0.3, 0.4) is 0 Å². The average molecular weight is 410 g/mol. The molecule has 1 aromatic heterocycles. The van der Waals surface area contributed by atoms with E-state index in [1.54, 1.807) is 6.07 Å². The third-order valence-corrected chi connectivity index (χ3v) is 4.34. The van der Waals surface area contributed by atoms with Gasteiger partial charge in [0.1, 0.15) is 5.76 Å². The van der Waals surface area contributed by atoms with Crippen LogP contribution in [0.1, 0.15) is 5.76 Å². The summed E-state index contributed by atoms with van der Waals surface area (Å²) in [4.78, 5) is 10.1. The molecule has 0 fully saturated rings. The maximum Gasteiger partial charge on any atom is 0.271 e. The van der Waals surface area contributed by atoms with Crippen LogP contribution in [0.25, 0.3) is 0 Å². The molecule has 0 saturated heterocycles. The van der Waals surface area contributed by atoms with Crippen LogP contribution in [-0.4, -0.2) is 4.92 Å². The summed E-state index contributed by atoms with van der Waals surface area (Å²) in [5.41, 5.74) is 0.565. The van der Waals surface area contributed by atoms with Gasteiger partial charge >= 0.3 is 0 Å². The van der Waals surface area contributed by atoms with Crippen LogP contribution in [-0.2, 0) is 6.54 Å². The van der Waals surface area contributed by atoms with Crippen LogP contribution in [0.2, 0.25) is 5.02 Å². The number of anilines is 1. The van der Waals surface area contributed by atoms with Gasteiger partial charge in [-0.05, 0) is 44.0 Å². The van der Waals surface area contributed by atoms with Crippen molar-refractivity contribution < 1.29 is 9.34 Å². The Morgan fingerprint density at radius 3 is 2.63 bits per heavy atom. The maximum absolute atomic E-state index is 10.6. The first kappa shape index (κ1) is 14.4. The molecule has 0 bridgehead atoms. The molecule has 0 spiro atoms. The van der Waals surface area contributed by atoms with Crippen molar-refractivity contribution >= 4 is 54.8 Å². The molecule has 0 aliphatic rings. The molecule has 2 rings (SSSR count). The van der Waals surface area contributed by atoms with Gasteiger partial charge in [0.15, 0.2) is 4.67 Å². The van der Waals surface area contributed by atoms with Crippen LogP contribution in [0, 0.1) is 10.1 Å². The van der Waals surface area contributed by atoms with Crippen LogP contribution in [0.15, 0.2) is 37.8 Å². The number of hydrogen-bond donors (Lipinski definition) is 1. The van der Waals surface area contributed by atoms with E-state index in [1.807, 2.05) is 6.07 Å². The number of nitro groups is 1. The number of non-ortho nitro benzene ring substituents is 1. The summed E-state index contributed by atoms with van der Waals surface area (Å²) in [6.07, 6.45) is 0. The molecule has 5 nitrogen and oxygen atoms in total. The summed E-state index contributed by atoms with van der Waals surface area (Å²) in [5, 5.41) is 13.9. The molecule has 1 N–H and O–H groups in total. The summed E-state index contributed by atoms with van der Waals surface area (Å²) >= 11 is 12.5.